The predicted molar refractivity (Wildman–Crippen MR) is 103 cm³/mol. The fraction of sp³-hybridized carbons (Fsp3) is 0.526. The molecular formula is C19H24N4O5S. The minimum absolute atomic E-state index is 0.0802. The van der Waals surface area contributed by atoms with Gasteiger partial charge in [0.25, 0.3) is 5.91 Å². The molecule has 10 heteroatoms. The first-order valence-corrected chi connectivity index (χ1v) is 11.1. The molecule has 0 spiro atoms. The highest BCUT2D eigenvalue weighted by molar-refractivity contribution is 7.89. The second kappa shape index (κ2) is 7.85. The van der Waals surface area contributed by atoms with Crippen LogP contribution in [0.3, 0.4) is 0 Å². The van der Waals surface area contributed by atoms with Gasteiger partial charge in [0.1, 0.15) is 10.6 Å². The van der Waals surface area contributed by atoms with Crippen LogP contribution in [0.15, 0.2) is 27.7 Å². The number of morpholine rings is 1. The van der Waals surface area contributed by atoms with Crippen molar-refractivity contribution in [3.8, 4) is 0 Å². The maximum absolute atomic E-state index is 13.1. The Labute approximate surface area is 169 Å². The molecule has 0 saturated carbocycles. The molecule has 0 N–H and O–H groups in total. The smallest absolute Gasteiger partial charge is 0.255 e. The average Bonchev–Trinajstić information content (AvgIpc) is 3.35. The molecule has 0 aliphatic carbocycles. The Bertz CT molecular complexity index is 994. The van der Waals surface area contributed by atoms with Crippen molar-refractivity contribution in [2.24, 2.45) is 0 Å². The Morgan fingerprint density at radius 1 is 1.21 bits per heavy atom. The zero-order chi connectivity index (χ0) is 20.6. The summed E-state index contributed by atoms with van der Waals surface area (Å²) in [6.07, 6.45) is 2.25. The highest BCUT2D eigenvalue weighted by Crippen LogP contribution is 2.33. The molecule has 4 heterocycles. The molecule has 0 aromatic carbocycles. The van der Waals surface area contributed by atoms with Crippen LogP contribution in [0.5, 0.6) is 0 Å². The number of hydrogen-bond acceptors (Lipinski definition) is 7. The minimum atomic E-state index is -3.71. The Morgan fingerprint density at radius 3 is 2.66 bits per heavy atom. The zero-order valence-electron chi connectivity index (χ0n) is 16.5. The van der Waals surface area contributed by atoms with Crippen molar-refractivity contribution in [2.75, 3.05) is 39.4 Å². The van der Waals surface area contributed by atoms with E-state index in [1.807, 2.05) is 0 Å². The second-order valence-corrected chi connectivity index (χ2v) is 9.22. The maximum atomic E-state index is 13.1. The Morgan fingerprint density at radius 2 is 1.97 bits per heavy atom. The number of sulfonamides is 1. The molecule has 156 valence electrons. The van der Waals surface area contributed by atoms with Crippen LogP contribution in [0, 0.1) is 13.8 Å². The van der Waals surface area contributed by atoms with Gasteiger partial charge in [-0.3, -0.25) is 9.78 Å². The summed E-state index contributed by atoms with van der Waals surface area (Å²) in [5.74, 6) is 0.0573. The van der Waals surface area contributed by atoms with Crippen molar-refractivity contribution in [2.45, 2.75) is 31.1 Å². The van der Waals surface area contributed by atoms with Gasteiger partial charge in [0, 0.05) is 38.3 Å². The first-order chi connectivity index (χ1) is 13.9. The molecule has 2 aliphatic rings. The van der Waals surface area contributed by atoms with Gasteiger partial charge in [0.2, 0.25) is 10.0 Å². The number of aryl methyl sites for hydroxylation is 2. The van der Waals surface area contributed by atoms with E-state index in [0.29, 0.717) is 56.2 Å². The number of carbonyl (C=O) groups is 1. The van der Waals surface area contributed by atoms with E-state index in [9.17, 15) is 13.2 Å². The number of aromatic nitrogens is 2. The van der Waals surface area contributed by atoms with Crippen molar-refractivity contribution in [3.05, 3.63) is 41.0 Å². The molecular weight excluding hydrogens is 396 g/mol. The topological polar surface area (TPSA) is 106 Å². The van der Waals surface area contributed by atoms with E-state index in [1.54, 1.807) is 37.1 Å². The lowest BCUT2D eigenvalue weighted by Gasteiger charge is -2.28. The summed E-state index contributed by atoms with van der Waals surface area (Å²) in [6.45, 7) is 5.98. The lowest BCUT2D eigenvalue weighted by Crippen LogP contribution is -2.41. The Kier molecular flexibility index (Phi) is 5.41. The summed E-state index contributed by atoms with van der Waals surface area (Å²) in [7, 11) is -3.71. The van der Waals surface area contributed by atoms with Gasteiger partial charge in [-0.1, -0.05) is 5.16 Å². The summed E-state index contributed by atoms with van der Waals surface area (Å²) < 4.78 is 38.0. The number of rotatable bonds is 4. The van der Waals surface area contributed by atoms with Crippen LogP contribution in [-0.4, -0.2) is 73.1 Å². The molecule has 2 fully saturated rings. The molecule has 1 unspecified atom stereocenters. The predicted octanol–water partition coefficient (Wildman–Crippen LogP) is 1.34. The van der Waals surface area contributed by atoms with Gasteiger partial charge < -0.3 is 14.2 Å². The third-order valence-electron chi connectivity index (χ3n) is 5.47. The minimum Gasteiger partial charge on any atom is -0.378 e. The molecule has 29 heavy (non-hydrogen) atoms. The molecule has 0 bridgehead atoms. The van der Waals surface area contributed by atoms with E-state index in [1.165, 1.54) is 4.31 Å². The SMILES string of the molecule is Cc1noc(C)c1S(=O)(=O)N1CCC(c2ncccc2C(=O)N2CCOCC2)C1. The molecule has 4 rings (SSSR count). The van der Waals surface area contributed by atoms with Crippen molar-refractivity contribution >= 4 is 15.9 Å². The van der Waals surface area contributed by atoms with Crippen LogP contribution in [-0.2, 0) is 14.8 Å². The summed E-state index contributed by atoms with van der Waals surface area (Å²) >= 11 is 0. The lowest BCUT2D eigenvalue weighted by atomic mass is 9.98. The standard InChI is InChI=1S/C19H24N4O5S/c1-13-18(14(2)28-21-13)29(25,26)23-7-5-15(12-23)17-16(4-3-6-20-17)19(24)22-8-10-27-11-9-22/h3-4,6,15H,5,7-12H2,1-2H3. The number of pyridine rings is 1. The fourth-order valence-corrected chi connectivity index (χ4v) is 5.79. The molecule has 2 aromatic heterocycles. The highest BCUT2D eigenvalue weighted by Gasteiger charge is 2.38. The molecule has 9 nitrogen and oxygen atoms in total. The van der Waals surface area contributed by atoms with E-state index in [-0.39, 0.29) is 29.0 Å². The van der Waals surface area contributed by atoms with Gasteiger partial charge in [0.15, 0.2) is 5.76 Å². The summed E-state index contributed by atoms with van der Waals surface area (Å²) in [6, 6.07) is 3.51. The monoisotopic (exact) mass is 420 g/mol. The number of nitrogens with zero attached hydrogens (tertiary/aromatic N) is 4. The van der Waals surface area contributed by atoms with Gasteiger partial charge in [-0.05, 0) is 32.4 Å². The molecule has 1 atom stereocenters. The molecule has 0 radical (unpaired) electrons. The van der Waals surface area contributed by atoms with Crippen molar-refractivity contribution < 1.29 is 22.5 Å². The van der Waals surface area contributed by atoms with Crippen LogP contribution < -0.4 is 0 Å². The summed E-state index contributed by atoms with van der Waals surface area (Å²) in [4.78, 5) is 19.4. The highest BCUT2D eigenvalue weighted by atomic mass is 32.2. The second-order valence-electron chi connectivity index (χ2n) is 7.34. The largest absolute Gasteiger partial charge is 0.378 e. The fourth-order valence-electron chi connectivity index (χ4n) is 4.00. The zero-order valence-corrected chi connectivity index (χ0v) is 17.3. The molecule has 1 amide bonds. The Hall–Kier alpha value is -2.30. The van der Waals surface area contributed by atoms with Crippen LogP contribution in [0.1, 0.15) is 39.8 Å². The summed E-state index contributed by atoms with van der Waals surface area (Å²) in [5.41, 5.74) is 1.54. The van der Waals surface area contributed by atoms with Gasteiger partial charge in [-0.15, -0.1) is 0 Å². The first kappa shape index (κ1) is 20.0. The van der Waals surface area contributed by atoms with Gasteiger partial charge in [-0.2, -0.15) is 4.31 Å². The van der Waals surface area contributed by atoms with E-state index >= 15 is 0 Å². The van der Waals surface area contributed by atoms with Gasteiger partial charge in [0.05, 0.1) is 24.5 Å². The maximum Gasteiger partial charge on any atom is 0.255 e. The third-order valence-corrected chi connectivity index (χ3v) is 7.58. The van der Waals surface area contributed by atoms with Gasteiger partial charge >= 0.3 is 0 Å². The molecule has 2 aromatic rings. The third kappa shape index (κ3) is 3.67. The number of amides is 1. The number of hydrogen-bond donors (Lipinski definition) is 0. The van der Waals surface area contributed by atoms with Crippen LogP contribution >= 0.6 is 0 Å². The first-order valence-electron chi connectivity index (χ1n) is 9.64. The van der Waals surface area contributed by atoms with Crippen LogP contribution in [0.4, 0.5) is 0 Å². The molecule has 2 saturated heterocycles. The van der Waals surface area contributed by atoms with Crippen molar-refractivity contribution in [3.63, 3.8) is 0 Å². The normalized spacial score (nSPS) is 20.9. The number of ether oxygens (including phenoxy) is 1. The van der Waals surface area contributed by atoms with Crippen molar-refractivity contribution in [1.82, 2.24) is 19.3 Å². The number of carbonyl (C=O) groups excluding carboxylic acids is 1. The quantitative estimate of drug-likeness (QED) is 0.735. The van der Waals surface area contributed by atoms with E-state index in [2.05, 4.69) is 10.1 Å². The van der Waals surface area contributed by atoms with Crippen LogP contribution in [0.2, 0.25) is 0 Å². The van der Waals surface area contributed by atoms with E-state index < -0.39 is 10.0 Å². The van der Waals surface area contributed by atoms with E-state index in [4.69, 9.17) is 9.26 Å². The van der Waals surface area contributed by atoms with Crippen molar-refractivity contribution in [1.29, 1.82) is 0 Å². The molecule has 2 aliphatic heterocycles. The Balaban J connectivity index is 1.58. The van der Waals surface area contributed by atoms with Gasteiger partial charge in [-0.25, -0.2) is 8.42 Å². The van der Waals surface area contributed by atoms with E-state index in [0.717, 1.165) is 0 Å². The average molecular weight is 420 g/mol. The van der Waals surface area contributed by atoms with Crippen LogP contribution in [0.25, 0.3) is 0 Å². The summed E-state index contributed by atoms with van der Waals surface area (Å²) in [5, 5.41) is 3.77. The lowest BCUT2D eigenvalue weighted by molar-refractivity contribution is 0.0301.